The van der Waals surface area contributed by atoms with Crippen LogP contribution in [0.25, 0.3) is 33.1 Å². The Morgan fingerprint density at radius 3 is 2.38 bits per heavy atom. The number of hydrogen-bond donors (Lipinski definition) is 3. The van der Waals surface area contributed by atoms with E-state index in [-0.39, 0.29) is 28.3 Å². The second-order valence-corrected chi connectivity index (χ2v) is 8.60. The van der Waals surface area contributed by atoms with Crippen LogP contribution in [0.5, 0.6) is 5.75 Å². The zero-order valence-corrected chi connectivity index (χ0v) is 19.4. The van der Waals surface area contributed by atoms with Crippen LogP contribution in [-0.2, 0) is 16.0 Å². The number of carboxylic acid groups (broad SMARTS) is 1. The van der Waals surface area contributed by atoms with Gasteiger partial charge in [-0.2, -0.15) is 0 Å². The molecule has 0 aliphatic heterocycles. The molecule has 0 saturated heterocycles. The number of phenols is 1. The third-order valence-electron chi connectivity index (χ3n) is 6.25. The van der Waals surface area contributed by atoms with Gasteiger partial charge in [-0.25, -0.2) is 14.0 Å². The molecule has 37 heavy (non-hydrogen) atoms. The number of nitrogens with one attached hydrogen (secondary N) is 1. The minimum atomic E-state index is -1.37. The highest BCUT2D eigenvalue weighted by atomic mass is 19.1. The molecule has 0 spiro atoms. The van der Waals surface area contributed by atoms with Gasteiger partial charge in [0, 0.05) is 22.4 Å². The summed E-state index contributed by atoms with van der Waals surface area (Å²) in [6, 6.07) is 13.4. The SMILES string of the molecule is Cc1c(CC(=O)N[C@H](C(=O)O)c2ccc(O)cc2)c(=O)oc2cc3occ(-c4ccc(F)cc4)c3cc12. The Hall–Kier alpha value is -4.92. The first kappa shape index (κ1) is 23.8. The van der Waals surface area contributed by atoms with Gasteiger partial charge in [0.1, 0.15) is 22.7 Å². The first-order chi connectivity index (χ1) is 17.7. The van der Waals surface area contributed by atoms with Crippen molar-refractivity contribution < 1.29 is 33.0 Å². The Balaban J connectivity index is 1.50. The van der Waals surface area contributed by atoms with Crippen LogP contribution >= 0.6 is 0 Å². The van der Waals surface area contributed by atoms with E-state index >= 15 is 0 Å². The quantitative estimate of drug-likeness (QED) is 0.284. The van der Waals surface area contributed by atoms with Crippen molar-refractivity contribution in [2.45, 2.75) is 19.4 Å². The van der Waals surface area contributed by atoms with E-state index < -0.39 is 30.0 Å². The molecule has 8 nitrogen and oxygen atoms in total. The molecule has 0 aliphatic carbocycles. The number of carbonyl (C=O) groups is 2. The Labute approximate surface area is 208 Å². The molecular formula is C28H20FNO7. The lowest BCUT2D eigenvalue weighted by Gasteiger charge is -2.15. The molecule has 0 unspecified atom stereocenters. The number of carbonyl (C=O) groups excluding carboxylic acids is 1. The largest absolute Gasteiger partial charge is 0.508 e. The molecule has 9 heteroatoms. The number of fused-ring (bicyclic) bond motifs is 2. The average molecular weight is 501 g/mol. The van der Waals surface area contributed by atoms with Gasteiger partial charge >= 0.3 is 11.6 Å². The Morgan fingerprint density at radius 2 is 1.70 bits per heavy atom. The second kappa shape index (κ2) is 9.27. The maximum atomic E-state index is 13.4. The molecule has 1 atom stereocenters. The van der Waals surface area contributed by atoms with E-state index in [0.29, 0.717) is 21.9 Å². The lowest BCUT2D eigenvalue weighted by molar-refractivity contribution is -0.142. The summed E-state index contributed by atoms with van der Waals surface area (Å²) in [5.74, 6) is -2.39. The summed E-state index contributed by atoms with van der Waals surface area (Å²) in [7, 11) is 0. The van der Waals surface area contributed by atoms with Crippen molar-refractivity contribution in [3.63, 3.8) is 0 Å². The number of halogens is 1. The van der Waals surface area contributed by atoms with E-state index in [9.17, 15) is 29.0 Å². The van der Waals surface area contributed by atoms with Gasteiger partial charge in [0.25, 0.3) is 0 Å². The number of amides is 1. The van der Waals surface area contributed by atoms with Gasteiger partial charge in [-0.15, -0.1) is 0 Å². The number of aryl methyl sites for hydroxylation is 1. The number of hydrogen-bond acceptors (Lipinski definition) is 6. The third-order valence-corrected chi connectivity index (χ3v) is 6.25. The van der Waals surface area contributed by atoms with Crippen LogP contribution in [0.1, 0.15) is 22.7 Å². The van der Waals surface area contributed by atoms with Crippen LogP contribution in [0.3, 0.4) is 0 Å². The number of rotatable bonds is 6. The highest BCUT2D eigenvalue weighted by molar-refractivity contribution is 6.02. The van der Waals surface area contributed by atoms with E-state index in [0.717, 1.165) is 11.1 Å². The van der Waals surface area contributed by atoms with Gasteiger partial charge in [0.2, 0.25) is 5.91 Å². The molecular weight excluding hydrogens is 481 g/mol. The summed E-state index contributed by atoms with van der Waals surface area (Å²) in [6.45, 7) is 1.68. The monoisotopic (exact) mass is 501 g/mol. The van der Waals surface area contributed by atoms with Crippen LogP contribution in [0.4, 0.5) is 4.39 Å². The van der Waals surface area contributed by atoms with Crippen molar-refractivity contribution in [1.29, 1.82) is 0 Å². The molecule has 186 valence electrons. The lowest BCUT2D eigenvalue weighted by Crippen LogP contribution is -2.35. The van der Waals surface area contributed by atoms with Gasteiger partial charge in [0.05, 0.1) is 18.2 Å². The summed E-state index contributed by atoms with van der Waals surface area (Å²) < 4.78 is 24.5. The molecule has 1 amide bonds. The highest BCUT2D eigenvalue weighted by Gasteiger charge is 2.24. The molecule has 0 fully saturated rings. The van der Waals surface area contributed by atoms with Crippen molar-refractivity contribution >= 4 is 33.8 Å². The number of carboxylic acids is 1. The Bertz CT molecular complexity index is 1720. The molecule has 3 N–H and O–H groups in total. The Kier molecular flexibility index (Phi) is 5.96. The molecule has 5 rings (SSSR count). The van der Waals surface area contributed by atoms with Crippen LogP contribution < -0.4 is 10.9 Å². The fraction of sp³-hybridized carbons (Fsp3) is 0.107. The fourth-order valence-corrected chi connectivity index (χ4v) is 4.29. The van der Waals surface area contributed by atoms with Gasteiger partial charge in [-0.05, 0) is 53.9 Å². The van der Waals surface area contributed by atoms with E-state index in [1.165, 1.54) is 42.7 Å². The second-order valence-electron chi connectivity index (χ2n) is 8.60. The molecule has 5 aromatic rings. The fourth-order valence-electron chi connectivity index (χ4n) is 4.29. The van der Waals surface area contributed by atoms with Gasteiger partial charge in [-0.1, -0.05) is 24.3 Å². The minimum absolute atomic E-state index is 0.0436. The summed E-state index contributed by atoms with van der Waals surface area (Å²) in [5, 5.41) is 22.7. The normalized spacial score (nSPS) is 12.1. The molecule has 0 bridgehead atoms. The number of phenolic OH excluding ortho intramolecular Hbond substituents is 1. The predicted octanol–water partition coefficient (Wildman–Crippen LogP) is 4.84. The van der Waals surface area contributed by atoms with Crippen LogP contribution in [-0.4, -0.2) is 22.1 Å². The maximum absolute atomic E-state index is 13.4. The van der Waals surface area contributed by atoms with Gasteiger partial charge in [0.15, 0.2) is 6.04 Å². The lowest BCUT2D eigenvalue weighted by atomic mass is 9.99. The molecule has 0 saturated carbocycles. The van der Waals surface area contributed by atoms with Crippen molar-refractivity contribution in [3.8, 4) is 16.9 Å². The first-order valence-electron chi connectivity index (χ1n) is 11.3. The Morgan fingerprint density at radius 1 is 1.00 bits per heavy atom. The van der Waals surface area contributed by atoms with Crippen molar-refractivity contribution in [1.82, 2.24) is 5.32 Å². The van der Waals surface area contributed by atoms with Gasteiger partial charge < -0.3 is 24.4 Å². The topological polar surface area (TPSA) is 130 Å². The average Bonchev–Trinajstić information content (AvgIpc) is 3.28. The summed E-state index contributed by atoms with van der Waals surface area (Å²) in [4.78, 5) is 37.3. The van der Waals surface area contributed by atoms with E-state index in [1.807, 2.05) is 0 Å². The molecule has 0 aliphatic rings. The third kappa shape index (κ3) is 4.54. The van der Waals surface area contributed by atoms with E-state index in [1.54, 1.807) is 31.2 Å². The number of aliphatic carboxylic acids is 1. The smallest absolute Gasteiger partial charge is 0.340 e. The zero-order valence-electron chi connectivity index (χ0n) is 19.4. The summed E-state index contributed by atoms with van der Waals surface area (Å²) in [6.07, 6.45) is 1.13. The molecule has 0 radical (unpaired) electrons. The molecule has 3 aromatic carbocycles. The maximum Gasteiger partial charge on any atom is 0.340 e. The first-order valence-corrected chi connectivity index (χ1v) is 11.3. The van der Waals surface area contributed by atoms with Gasteiger partial charge in [-0.3, -0.25) is 4.79 Å². The van der Waals surface area contributed by atoms with Crippen molar-refractivity contribution in [2.24, 2.45) is 0 Å². The number of aromatic hydroxyl groups is 1. The van der Waals surface area contributed by atoms with E-state index in [4.69, 9.17) is 8.83 Å². The van der Waals surface area contributed by atoms with E-state index in [2.05, 4.69) is 5.32 Å². The zero-order chi connectivity index (χ0) is 26.3. The van der Waals surface area contributed by atoms with Crippen LogP contribution in [0, 0.1) is 12.7 Å². The van der Waals surface area contributed by atoms with Crippen LogP contribution in [0.2, 0.25) is 0 Å². The van der Waals surface area contributed by atoms with Crippen molar-refractivity contribution in [2.75, 3.05) is 0 Å². The standard InChI is InChI=1S/C28H20FNO7/c1-14-19-10-21-22(15-2-6-17(29)7-3-15)13-36-23(21)12-24(19)37-28(35)20(14)11-25(32)30-26(27(33)34)16-4-8-18(31)9-5-16/h2-10,12-13,26,31H,11H2,1H3,(H,30,32)(H,33,34)/t26-/m0/s1. The predicted molar refractivity (Wildman–Crippen MR) is 133 cm³/mol. The number of benzene rings is 3. The summed E-state index contributed by atoms with van der Waals surface area (Å²) in [5.41, 5.74) is 2.34. The molecule has 2 aromatic heterocycles. The minimum Gasteiger partial charge on any atom is -0.508 e. The molecule has 2 heterocycles. The highest BCUT2D eigenvalue weighted by Crippen LogP contribution is 2.34. The van der Waals surface area contributed by atoms with Crippen LogP contribution in [0.15, 0.2) is 80.6 Å². The number of furan rings is 1. The van der Waals surface area contributed by atoms with Crippen molar-refractivity contribution in [3.05, 3.63) is 99.9 Å². The summed E-state index contributed by atoms with van der Waals surface area (Å²) >= 11 is 0.